The van der Waals surface area contributed by atoms with E-state index in [4.69, 9.17) is 4.74 Å². The lowest BCUT2D eigenvalue weighted by Crippen LogP contribution is -2.14. The quantitative estimate of drug-likeness (QED) is 0.804. The van der Waals surface area contributed by atoms with Gasteiger partial charge in [0.2, 0.25) is 0 Å². The standard InChI is InChI=1S/C16H19NO2S/c1-3-19-16(18)14-12-7-6-11(2)10-13(12)20-15(14)17-8-4-5-9-17/h4-5,8-9,11H,3,6-7,10H2,1-2H3/t11-/m1/s1. The van der Waals surface area contributed by atoms with E-state index in [2.05, 4.69) is 6.92 Å². The van der Waals surface area contributed by atoms with Crippen molar-refractivity contribution >= 4 is 17.3 Å². The molecular weight excluding hydrogens is 270 g/mol. The van der Waals surface area contributed by atoms with Crippen LogP contribution >= 0.6 is 11.3 Å². The van der Waals surface area contributed by atoms with Gasteiger partial charge in [-0.1, -0.05) is 6.92 Å². The van der Waals surface area contributed by atoms with Crippen LogP contribution in [0.15, 0.2) is 24.5 Å². The van der Waals surface area contributed by atoms with Crippen LogP contribution in [0.2, 0.25) is 0 Å². The summed E-state index contributed by atoms with van der Waals surface area (Å²) < 4.78 is 7.30. The summed E-state index contributed by atoms with van der Waals surface area (Å²) in [5.41, 5.74) is 2.00. The second-order valence-corrected chi connectivity index (χ2v) is 6.43. The van der Waals surface area contributed by atoms with Gasteiger partial charge in [0, 0.05) is 17.3 Å². The summed E-state index contributed by atoms with van der Waals surface area (Å²) in [7, 11) is 0. The number of fused-ring (bicyclic) bond motifs is 1. The number of nitrogens with zero attached hydrogens (tertiary/aromatic N) is 1. The molecule has 0 N–H and O–H groups in total. The largest absolute Gasteiger partial charge is 0.462 e. The molecule has 4 heteroatoms. The van der Waals surface area contributed by atoms with E-state index in [9.17, 15) is 4.79 Å². The van der Waals surface area contributed by atoms with E-state index >= 15 is 0 Å². The second kappa shape index (κ2) is 5.44. The number of ether oxygens (including phenoxy) is 1. The summed E-state index contributed by atoms with van der Waals surface area (Å²) in [6.45, 7) is 4.56. The lowest BCUT2D eigenvalue weighted by molar-refractivity contribution is 0.0525. The van der Waals surface area contributed by atoms with Gasteiger partial charge in [-0.2, -0.15) is 0 Å². The van der Waals surface area contributed by atoms with Gasteiger partial charge < -0.3 is 9.30 Å². The topological polar surface area (TPSA) is 31.2 Å². The highest BCUT2D eigenvalue weighted by Crippen LogP contribution is 2.38. The highest BCUT2D eigenvalue weighted by atomic mass is 32.1. The fraction of sp³-hybridized carbons (Fsp3) is 0.438. The third-order valence-electron chi connectivity index (χ3n) is 3.81. The predicted octanol–water partition coefficient (Wildman–Crippen LogP) is 3.84. The van der Waals surface area contributed by atoms with Crippen molar-refractivity contribution in [2.45, 2.75) is 33.1 Å². The van der Waals surface area contributed by atoms with Crippen LogP contribution in [-0.4, -0.2) is 17.1 Å². The molecule has 1 atom stereocenters. The van der Waals surface area contributed by atoms with E-state index in [0.717, 1.165) is 29.8 Å². The van der Waals surface area contributed by atoms with Gasteiger partial charge in [0.05, 0.1) is 12.2 Å². The predicted molar refractivity (Wildman–Crippen MR) is 80.8 cm³/mol. The molecule has 3 nitrogen and oxygen atoms in total. The van der Waals surface area contributed by atoms with E-state index in [1.165, 1.54) is 10.4 Å². The molecule has 0 fully saturated rings. The lowest BCUT2D eigenvalue weighted by Gasteiger charge is -2.18. The van der Waals surface area contributed by atoms with Gasteiger partial charge in [-0.25, -0.2) is 4.79 Å². The van der Waals surface area contributed by atoms with Crippen molar-refractivity contribution in [3.63, 3.8) is 0 Å². The number of esters is 1. The average Bonchev–Trinajstić information content (AvgIpc) is 3.04. The first-order valence-electron chi connectivity index (χ1n) is 7.15. The monoisotopic (exact) mass is 289 g/mol. The molecule has 2 heterocycles. The summed E-state index contributed by atoms with van der Waals surface area (Å²) in [6.07, 6.45) is 7.20. The van der Waals surface area contributed by atoms with E-state index < -0.39 is 0 Å². The minimum absolute atomic E-state index is 0.178. The van der Waals surface area contributed by atoms with Crippen molar-refractivity contribution in [1.29, 1.82) is 0 Å². The number of carbonyl (C=O) groups excluding carboxylic acids is 1. The van der Waals surface area contributed by atoms with Crippen LogP contribution < -0.4 is 0 Å². The molecular formula is C16H19NO2S. The Hall–Kier alpha value is -1.55. The maximum atomic E-state index is 12.3. The second-order valence-electron chi connectivity index (χ2n) is 5.34. The molecule has 0 unspecified atom stereocenters. The van der Waals surface area contributed by atoms with Crippen molar-refractivity contribution < 1.29 is 9.53 Å². The molecule has 0 saturated heterocycles. The first-order valence-corrected chi connectivity index (χ1v) is 7.97. The molecule has 1 aliphatic rings. The minimum Gasteiger partial charge on any atom is -0.462 e. The molecule has 0 aromatic carbocycles. The summed E-state index contributed by atoms with van der Waals surface area (Å²) in [4.78, 5) is 13.7. The Morgan fingerprint density at radius 2 is 2.20 bits per heavy atom. The van der Waals surface area contributed by atoms with Gasteiger partial charge in [-0.15, -0.1) is 11.3 Å². The Morgan fingerprint density at radius 1 is 1.45 bits per heavy atom. The van der Waals surface area contributed by atoms with Gasteiger partial charge in [0.25, 0.3) is 0 Å². The van der Waals surface area contributed by atoms with Gasteiger partial charge in [0.1, 0.15) is 5.00 Å². The molecule has 0 radical (unpaired) electrons. The van der Waals surface area contributed by atoms with Crippen molar-refractivity contribution in [3.8, 4) is 5.00 Å². The van der Waals surface area contributed by atoms with E-state index in [1.807, 2.05) is 36.0 Å². The molecule has 0 aliphatic heterocycles. The molecule has 20 heavy (non-hydrogen) atoms. The first-order chi connectivity index (χ1) is 9.70. The number of hydrogen-bond acceptors (Lipinski definition) is 3. The van der Waals surface area contributed by atoms with Crippen molar-refractivity contribution in [1.82, 2.24) is 4.57 Å². The number of hydrogen-bond donors (Lipinski definition) is 0. The number of rotatable bonds is 3. The molecule has 106 valence electrons. The minimum atomic E-state index is -0.178. The zero-order valence-corrected chi connectivity index (χ0v) is 12.7. The van der Waals surface area contributed by atoms with Crippen molar-refractivity contribution in [2.75, 3.05) is 6.61 Å². The molecule has 0 spiro atoms. The first kappa shape index (κ1) is 13.4. The van der Waals surface area contributed by atoms with Crippen LogP contribution in [0.25, 0.3) is 5.00 Å². The number of carbonyl (C=O) groups is 1. The van der Waals surface area contributed by atoms with Crippen LogP contribution in [-0.2, 0) is 17.6 Å². The van der Waals surface area contributed by atoms with Crippen LogP contribution in [0.5, 0.6) is 0 Å². The summed E-state index contributed by atoms with van der Waals surface area (Å²) in [5.74, 6) is 0.525. The molecule has 2 aromatic heterocycles. The van der Waals surface area contributed by atoms with Crippen LogP contribution in [0.1, 0.15) is 41.1 Å². The highest BCUT2D eigenvalue weighted by Gasteiger charge is 2.28. The Labute approximate surface area is 123 Å². The molecule has 0 amide bonds. The van der Waals surface area contributed by atoms with E-state index in [0.29, 0.717) is 12.5 Å². The summed E-state index contributed by atoms with van der Waals surface area (Å²) in [6, 6.07) is 3.96. The van der Waals surface area contributed by atoms with Crippen LogP contribution in [0.4, 0.5) is 0 Å². The molecule has 0 saturated carbocycles. The highest BCUT2D eigenvalue weighted by molar-refractivity contribution is 7.15. The van der Waals surface area contributed by atoms with Gasteiger partial charge >= 0.3 is 5.97 Å². The van der Waals surface area contributed by atoms with Crippen molar-refractivity contribution in [2.24, 2.45) is 5.92 Å². The average molecular weight is 289 g/mol. The van der Waals surface area contributed by atoms with Crippen LogP contribution in [0, 0.1) is 5.92 Å². The Kier molecular flexibility index (Phi) is 3.66. The number of thiophene rings is 1. The molecule has 1 aliphatic carbocycles. The maximum Gasteiger partial charge on any atom is 0.341 e. The lowest BCUT2D eigenvalue weighted by atomic mass is 9.88. The SMILES string of the molecule is CCOC(=O)c1c(-n2cccc2)sc2c1CC[C@@H](C)C2. The zero-order valence-electron chi connectivity index (χ0n) is 11.9. The Balaban J connectivity index is 2.11. The Bertz CT molecular complexity index is 613. The third kappa shape index (κ3) is 2.29. The molecule has 3 rings (SSSR count). The van der Waals surface area contributed by atoms with Gasteiger partial charge in [-0.05, 0) is 49.8 Å². The van der Waals surface area contributed by atoms with E-state index in [1.54, 1.807) is 11.3 Å². The van der Waals surface area contributed by atoms with Gasteiger partial charge in [0.15, 0.2) is 0 Å². The smallest absolute Gasteiger partial charge is 0.341 e. The Morgan fingerprint density at radius 3 is 2.90 bits per heavy atom. The fourth-order valence-electron chi connectivity index (χ4n) is 2.80. The summed E-state index contributed by atoms with van der Waals surface area (Å²) in [5, 5.41) is 1.01. The zero-order chi connectivity index (χ0) is 14.1. The fourth-order valence-corrected chi connectivity index (χ4v) is 4.27. The molecule has 0 bridgehead atoms. The van der Waals surface area contributed by atoms with Gasteiger partial charge in [-0.3, -0.25) is 0 Å². The normalized spacial score (nSPS) is 17.8. The summed E-state index contributed by atoms with van der Waals surface area (Å²) >= 11 is 1.74. The van der Waals surface area contributed by atoms with Crippen molar-refractivity contribution in [3.05, 3.63) is 40.5 Å². The van der Waals surface area contributed by atoms with E-state index in [-0.39, 0.29) is 5.97 Å². The molecule has 2 aromatic rings. The maximum absolute atomic E-state index is 12.3. The number of aromatic nitrogens is 1. The third-order valence-corrected chi connectivity index (χ3v) is 5.08. The van der Waals surface area contributed by atoms with Crippen LogP contribution in [0.3, 0.4) is 0 Å².